The van der Waals surface area contributed by atoms with Crippen LogP contribution >= 0.6 is 0 Å². The number of hydrogen-bond acceptors (Lipinski definition) is 4. The number of allylic oxidation sites excluding steroid dienone is 1. The van der Waals surface area contributed by atoms with Gasteiger partial charge < -0.3 is 14.8 Å². The van der Waals surface area contributed by atoms with Crippen molar-refractivity contribution in [1.82, 2.24) is 5.32 Å². The molecule has 0 aliphatic heterocycles. The molecular weight excluding hydrogens is 294 g/mol. The van der Waals surface area contributed by atoms with Crippen molar-refractivity contribution in [2.24, 2.45) is 0 Å². The molecule has 1 N–H and O–H groups in total. The SMILES string of the molecule is C=CCC[C@H](NC(=O)OC(C)(C)C)C(=O)OCc1ccccc1. The van der Waals surface area contributed by atoms with Crippen LogP contribution in [0, 0.1) is 0 Å². The van der Waals surface area contributed by atoms with Crippen LogP contribution in [-0.4, -0.2) is 23.7 Å². The van der Waals surface area contributed by atoms with Gasteiger partial charge >= 0.3 is 12.1 Å². The molecule has 1 aromatic carbocycles. The van der Waals surface area contributed by atoms with E-state index in [2.05, 4.69) is 11.9 Å². The lowest BCUT2D eigenvalue weighted by Crippen LogP contribution is -2.44. The van der Waals surface area contributed by atoms with E-state index in [9.17, 15) is 9.59 Å². The molecule has 5 nitrogen and oxygen atoms in total. The Hall–Kier alpha value is -2.30. The Morgan fingerprint density at radius 2 is 1.91 bits per heavy atom. The van der Waals surface area contributed by atoms with Crippen LogP contribution in [0.3, 0.4) is 0 Å². The Kier molecular flexibility index (Phi) is 7.32. The highest BCUT2D eigenvalue weighted by atomic mass is 16.6. The number of hydrogen-bond donors (Lipinski definition) is 1. The first-order valence-corrected chi connectivity index (χ1v) is 7.63. The Labute approximate surface area is 137 Å². The molecule has 23 heavy (non-hydrogen) atoms. The summed E-state index contributed by atoms with van der Waals surface area (Å²) >= 11 is 0. The molecule has 0 aliphatic carbocycles. The van der Waals surface area contributed by atoms with Crippen molar-refractivity contribution in [3.63, 3.8) is 0 Å². The topological polar surface area (TPSA) is 64.6 Å². The molecule has 126 valence electrons. The molecule has 5 heteroatoms. The zero-order chi connectivity index (χ0) is 17.3. The van der Waals surface area contributed by atoms with E-state index in [0.717, 1.165) is 5.56 Å². The van der Waals surface area contributed by atoms with Gasteiger partial charge in [0, 0.05) is 0 Å². The van der Waals surface area contributed by atoms with Crippen LogP contribution in [0.15, 0.2) is 43.0 Å². The van der Waals surface area contributed by atoms with Gasteiger partial charge in [0.25, 0.3) is 0 Å². The van der Waals surface area contributed by atoms with E-state index in [4.69, 9.17) is 9.47 Å². The van der Waals surface area contributed by atoms with E-state index in [0.29, 0.717) is 12.8 Å². The highest BCUT2D eigenvalue weighted by molar-refractivity contribution is 5.81. The Morgan fingerprint density at radius 1 is 1.26 bits per heavy atom. The number of benzene rings is 1. The lowest BCUT2D eigenvalue weighted by atomic mass is 10.1. The van der Waals surface area contributed by atoms with Crippen LogP contribution in [0.2, 0.25) is 0 Å². The standard InChI is InChI=1S/C18H25NO4/c1-5-6-12-15(19-17(21)23-18(2,3)4)16(20)22-13-14-10-8-7-9-11-14/h5,7-11,15H,1,6,12-13H2,2-4H3,(H,19,21)/t15-/m0/s1. The molecule has 0 spiro atoms. The Bertz CT molecular complexity index is 520. The first-order chi connectivity index (χ1) is 10.8. The molecule has 1 rings (SSSR count). The molecule has 0 aromatic heterocycles. The minimum atomic E-state index is -0.758. The number of alkyl carbamates (subject to hydrolysis) is 1. The molecule has 1 aromatic rings. The van der Waals surface area contributed by atoms with Crippen molar-refractivity contribution in [3.8, 4) is 0 Å². The van der Waals surface area contributed by atoms with Crippen LogP contribution in [0.1, 0.15) is 39.2 Å². The fraction of sp³-hybridized carbons (Fsp3) is 0.444. The largest absolute Gasteiger partial charge is 0.459 e. The molecule has 0 bridgehead atoms. The van der Waals surface area contributed by atoms with E-state index < -0.39 is 23.7 Å². The van der Waals surface area contributed by atoms with Crippen molar-refractivity contribution in [2.75, 3.05) is 0 Å². The summed E-state index contributed by atoms with van der Waals surface area (Å²) < 4.78 is 10.5. The van der Waals surface area contributed by atoms with Gasteiger partial charge in [-0.05, 0) is 39.2 Å². The van der Waals surface area contributed by atoms with Crippen molar-refractivity contribution in [3.05, 3.63) is 48.6 Å². The molecule has 0 saturated heterocycles. The summed E-state index contributed by atoms with van der Waals surface area (Å²) in [6, 6.07) is 8.61. The van der Waals surface area contributed by atoms with Crippen LogP contribution < -0.4 is 5.32 Å². The van der Waals surface area contributed by atoms with E-state index >= 15 is 0 Å². The van der Waals surface area contributed by atoms with E-state index in [-0.39, 0.29) is 6.61 Å². The zero-order valence-corrected chi connectivity index (χ0v) is 14.0. The third-order valence-corrected chi connectivity index (χ3v) is 2.86. The number of esters is 1. The van der Waals surface area contributed by atoms with Gasteiger partial charge in [0.15, 0.2) is 0 Å². The van der Waals surface area contributed by atoms with Crippen molar-refractivity contribution < 1.29 is 19.1 Å². The Morgan fingerprint density at radius 3 is 2.48 bits per heavy atom. The number of rotatable bonds is 7. The van der Waals surface area contributed by atoms with Gasteiger partial charge in [0.2, 0.25) is 0 Å². The summed E-state index contributed by atoms with van der Waals surface area (Å²) in [7, 11) is 0. The van der Waals surface area contributed by atoms with Crippen molar-refractivity contribution in [2.45, 2.75) is 51.9 Å². The first-order valence-electron chi connectivity index (χ1n) is 7.63. The number of carbonyl (C=O) groups is 2. The quantitative estimate of drug-likeness (QED) is 0.616. The zero-order valence-electron chi connectivity index (χ0n) is 14.0. The van der Waals surface area contributed by atoms with Gasteiger partial charge in [-0.3, -0.25) is 0 Å². The van der Waals surface area contributed by atoms with Gasteiger partial charge in [0.1, 0.15) is 18.2 Å². The number of carbonyl (C=O) groups excluding carboxylic acids is 2. The highest BCUT2D eigenvalue weighted by Crippen LogP contribution is 2.09. The predicted molar refractivity (Wildman–Crippen MR) is 88.8 cm³/mol. The minimum Gasteiger partial charge on any atom is -0.459 e. The third kappa shape index (κ3) is 8.04. The lowest BCUT2D eigenvalue weighted by Gasteiger charge is -2.22. The highest BCUT2D eigenvalue weighted by Gasteiger charge is 2.25. The van der Waals surface area contributed by atoms with Gasteiger partial charge in [0.05, 0.1) is 0 Å². The smallest absolute Gasteiger partial charge is 0.408 e. The first kappa shape index (κ1) is 18.7. The van der Waals surface area contributed by atoms with Crippen molar-refractivity contribution in [1.29, 1.82) is 0 Å². The maximum atomic E-state index is 12.2. The molecule has 1 atom stereocenters. The molecular formula is C18H25NO4. The average Bonchev–Trinajstić information content (AvgIpc) is 2.48. The molecule has 0 saturated carbocycles. The molecule has 0 heterocycles. The monoisotopic (exact) mass is 319 g/mol. The minimum absolute atomic E-state index is 0.167. The van der Waals surface area contributed by atoms with Crippen LogP contribution in [0.4, 0.5) is 4.79 Å². The summed E-state index contributed by atoms with van der Waals surface area (Å²) in [6.07, 6.45) is 2.05. The second kappa shape index (κ2) is 8.98. The fourth-order valence-corrected chi connectivity index (χ4v) is 1.81. The predicted octanol–water partition coefficient (Wildman–Crippen LogP) is 3.59. The number of ether oxygens (including phenoxy) is 2. The summed E-state index contributed by atoms with van der Waals surface area (Å²) in [5.74, 6) is -0.485. The molecule has 0 fully saturated rings. The summed E-state index contributed by atoms with van der Waals surface area (Å²) in [5.41, 5.74) is 0.265. The molecule has 1 amide bonds. The second-order valence-corrected chi connectivity index (χ2v) is 6.16. The van der Waals surface area contributed by atoms with Gasteiger partial charge in [-0.15, -0.1) is 6.58 Å². The maximum absolute atomic E-state index is 12.2. The summed E-state index contributed by atoms with van der Waals surface area (Å²) in [6.45, 7) is 9.08. The van der Waals surface area contributed by atoms with Gasteiger partial charge in [-0.2, -0.15) is 0 Å². The molecule has 0 unspecified atom stereocenters. The third-order valence-electron chi connectivity index (χ3n) is 2.86. The lowest BCUT2D eigenvalue weighted by molar-refractivity contribution is -0.147. The van der Waals surface area contributed by atoms with E-state index in [1.54, 1.807) is 26.8 Å². The number of amides is 1. The number of nitrogens with one attached hydrogen (secondary N) is 1. The van der Waals surface area contributed by atoms with Crippen LogP contribution in [0.25, 0.3) is 0 Å². The second-order valence-electron chi connectivity index (χ2n) is 6.16. The normalized spacial score (nSPS) is 12.1. The van der Waals surface area contributed by atoms with E-state index in [1.807, 2.05) is 30.3 Å². The fourth-order valence-electron chi connectivity index (χ4n) is 1.81. The molecule has 0 radical (unpaired) electrons. The van der Waals surface area contributed by atoms with Crippen molar-refractivity contribution >= 4 is 12.1 Å². The summed E-state index contributed by atoms with van der Waals surface area (Å²) in [5, 5.41) is 2.56. The van der Waals surface area contributed by atoms with Crippen LogP contribution in [0.5, 0.6) is 0 Å². The summed E-state index contributed by atoms with van der Waals surface area (Å²) in [4.78, 5) is 24.0. The average molecular weight is 319 g/mol. The van der Waals surface area contributed by atoms with Gasteiger partial charge in [-0.25, -0.2) is 9.59 Å². The van der Waals surface area contributed by atoms with Gasteiger partial charge in [-0.1, -0.05) is 36.4 Å². The Balaban J connectivity index is 2.59. The van der Waals surface area contributed by atoms with E-state index in [1.165, 1.54) is 0 Å². The van der Waals surface area contributed by atoms with Crippen LogP contribution in [-0.2, 0) is 20.9 Å². The maximum Gasteiger partial charge on any atom is 0.408 e. The molecule has 0 aliphatic rings.